The van der Waals surface area contributed by atoms with Crippen LogP contribution in [0.2, 0.25) is 0 Å². The first-order chi connectivity index (χ1) is 15.6. The maximum Gasteiger partial charge on any atom is 0.271 e. The average Bonchev–Trinajstić information content (AvgIpc) is 2.78. The molecule has 5 nitrogen and oxygen atoms in total. The molecule has 3 aromatic rings. The summed E-state index contributed by atoms with van der Waals surface area (Å²) in [6.45, 7) is 2.05. The zero-order chi connectivity index (χ0) is 22.3. The predicted octanol–water partition coefficient (Wildman–Crippen LogP) is 5.53. The molecule has 0 unspecified atom stereocenters. The van der Waals surface area contributed by atoms with E-state index in [0.29, 0.717) is 11.3 Å². The van der Waals surface area contributed by atoms with E-state index in [1.807, 2.05) is 12.1 Å². The van der Waals surface area contributed by atoms with Crippen molar-refractivity contribution in [3.05, 3.63) is 82.1 Å². The van der Waals surface area contributed by atoms with E-state index in [0.717, 1.165) is 22.8 Å². The van der Waals surface area contributed by atoms with Crippen molar-refractivity contribution >= 4 is 17.7 Å². The van der Waals surface area contributed by atoms with Crippen LogP contribution in [0.4, 0.5) is 0 Å². The minimum atomic E-state index is -0.204. The highest BCUT2D eigenvalue weighted by molar-refractivity contribution is 7.99. The Bertz CT molecular complexity index is 1100. The third-order valence-electron chi connectivity index (χ3n) is 5.83. The molecule has 1 amide bonds. The molecule has 0 atom stereocenters. The van der Waals surface area contributed by atoms with Crippen molar-refractivity contribution < 1.29 is 4.79 Å². The van der Waals surface area contributed by atoms with Crippen molar-refractivity contribution in [2.45, 2.75) is 67.8 Å². The Labute approximate surface area is 193 Å². The minimum Gasteiger partial charge on any atom is -0.349 e. The van der Waals surface area contributed by atoms with Crippen LogP contribution in [0.1, 0.15) is 60.9 Å². The normalized spacial score (nSPS) is 15.0. The standard InChI is InChI=1S/C26H29N3O2S/c1-19-9-15-23(16-10-19)32-24-17-18-25(30)29(28-24)22-13-11-20(12-14-22)26(31)27-21-7-5-3-2-4-6-8-21/h9-18,21H,2-8H2,1H3,(H,27,31). The number of benzene rings is 2. The molecule has 0 radical (unpaired) electrons. The van der Waals surface area contributed by atoms with Crippen molar-refractivity contribution in [3.63, 3.8) is 0 Å². The third-order valence-corrected chi connectivity index (χ3v) is 6.77. The lowest BCUT2D eigenvalue weighted by atomic mass is 9.96. The van der Waals surface area contributed by atoms with Gasteiger partial charge in [-0.25, -0.2) is 0 Å². The Morgan fingerprint density at radius 1 is 0.906 bits per heavy atom. The van der Waals surface area contributed by atoms with Crippen molar-refractivity contribution in [2.75, 3.05) is 0 Å². The molecule has 1 aliphatic rings. The van der Waals surface area contributed by atoms with Gasteiger partial charge in [-0.3, -0.25) is 9.59 Å². The van der Waals surface area contributed by atoms with Crippen molar-refractivity contribution in [2.24, 2.45) is 0 Å². The van der Waals surface area contributed by atoms with Gasteiger partial charge in [0, 0.05) is 22.6 Å². The van der Waals surface area contributed by atoms with Crippen LogP contribution in [0.3, 0.4) is 0 Å². The summed E-state index contributed by atoms with van der Waals surface area (Å²) in [6, 6.07) is 18.8. The highest BCUT2D eigenvalue weighted by atomic mass is 32.2. The molecule has 1 heterocycles. The number of nitrogens with zero attached hydrogens (tertiary/aromatic N) is 2. The molecular formula is C26H29N3O2S. The van der Waals surface area contributed by atoms with Gasteiger partial charge in [0.25, 0.3) is 11.5 Å². The topological polar surface area (TPSA) is 64.0 Å². The molecule has 1 N–H and O–H groups in total. The summed E-state index contributed by atoms with van der Waals surface area (Å²) in [7, 11) is 0. The lowest BCUT2D eigenvalue weighted by Gasteiger charge is -2.21. The Balaban J connectivity index is 1.46. The summed E-state index contributed by atoms with van der Waals surface area (Å²) in [5, 5.41) is 8.44. The van der Waals surface area contributed by atoms with E-state index < -0.39 is 0 Å². The number of hydrogen-bond donors (Lipinski definition) is 1. The summed E-state index contributed by atoms with van der Waals surface area (Å²) in [4.78, 5) is 26.2. The van der Waals surface area contributed by atoms with Gasteiger partial charge in [-0.15, -0.1) is 0 Å². The van der Waals surface area contributed by atoms with Gasteiger partial charge in [0.1, 0.15) is 5.03 Å². The van der Waals surface area contributed by atoms with Gasteiger partial charge < -0.3 is 5.32 Å². The van der Waals surface area contributed by atoms with Gasteiger partial charge in [0.05, 0.1) is 5.69 Å². The Hall–Kier alpha value is -2.86. The molecule has 1 fully saturated rings. The number of aryl methyl sites for hydroxylation is 1. The molecule has 0 spiro atoms. The number of amides is 1. The smallest absolute Gasteiger partial charge is 0.271 e. The first-order valence-corrected chi connectivity index (χ1v) is 12.2. The summed E-state index contributed by atoms with van der Waals surface area (Å²) in [6.07, 6.45) is 8.27. The van der Waals surface area contributed by atoms with E-state index in [1.54, 1.807) is 30.3 Å². The van der Waals surface area contributed by atoms with E-state index in [-0.39, 0.29) is 17.5 Å². The third kappa shape index (κ3) is 5.88. The zero-order valence-corrected chi connectivity index (χ0v) is 19.2. The maximum atomic E-state index is 12.7. The highest BCUT2D eigenvalue weighted by Gasteiger charge is 2.15. The van der Waals surface area contributed by atoms with Crippen LogP contribution in [0.25, 0.3) is 5.69 Å². The number of rotatable bonds is 5. The molecule has 6 heteroatoms. The molecular weight excluding hydrogens is 418 g/mol. The summed E-state index contributed by atoms with van der Waals surface area (Å²) in [5.41, 5.74) is 2.24. The quantitative estimate of drug-likeness (QED) is 0.558. The van der Waals surface area contributed by atoms with Gasteiger partial charge in [-0.1, -0.05) is 61.6 Å². The highest BCUT2D eigenvalue weighted by Crippen LogP contribution is 2.25. The fourth-order valence-electron chi connectivity index (χ4n) is 3.98. The van der Waals surface area contributed by atoms with Crippen LogP contribution in [-0.4, -0.2) is 21.7 Å². The lowest BCUT2D eigenvalue weighted by molar-refractivity contribution is 0.0930. The zero-order valence-electron chi connectivity index (χ0n) is 18.4. The summed E-state index contributed by atoms with van der Waals surface area (Å²) >= 11 is 1.51. The number of carbonyl (C=O) groups excluding carboxylic acids is 1. The largest absolute Gasteiger partial charge is 0.349 e. The number of carbonyl (C=O) groups is 1. The Kier molecular flexibility index (Phi) is 7.43. The second-order valence-electron chi connectivity index (χ2n) is 8.40. The lowest BCUT2D eigenvalue weighted by Crippen LogP contribution is -2.35. The maximum absolute atomic E-state index is 12.7. The van der Waals surface area contributed by atoms with Crippen molar-refractivity contribution in [3.8, 4) is 5.69 Å². The molecule has 32 heavy (non-hydrogen) atoms. The van der Waals surface area contributed by atoms with E-state index in [4.69, 9.17) is 0 Å². The molecule has 1 aliphatic carbocycles. The monoisotopic (exact) mass is 447 g/mol. The fourth-order valence-corrected chi connectivity index (χ4v) is 4.76. The average molecular weight is 448 g/mol. The van der Waals surface area contributed by atoms with Gasteiger partial charge in [-0.2, -0.15) is 9.78 Å². The van der Waals surface area contributed by atoms with Crippen LogP contribution in [0, 0.1) is 6.92 Å². The molecule has 4 rings (SSSR count). The van der Waals surface area contributed by atoms with E-state index in [1.165, 1.54) is 60.2 Å². The molecule has 1 saturated carbocycles. The first-order valence-electron chi connectivity index (χ1n) is 11.3. The van der Waals surface area contributed by atoms with Gasteiger partial charge in [0.15, 0.2) is 0 Å². The van der Waals surface area contributed by atoms with Crippen LogP contribution in [0.5, 0.6) is 0 Å². The summed E-state index contributed by atoms with van der Waals surface area (Å²) < 4.78 is 1.38. The molecule has 0 aliphatic heterocycles. The van der Waals surface area contributed by atoms with E-state index in [9.17, 15) is 9.59 Å². The van der Waals surface area contributed by atoms with Crippen LogP contribution >= 0.6 is 11.8 Å². The minimum absolute atomic E-state index is 0.0499. The Morgan fingerprint density at radius 2 is 1.56 bits per heavy atom. The number of nitrogens with one attached hydrogen (secondary N) is 1. The number of hydrogen-bond acceptors (Lipinski definition) is 4. The van der Waals surface area contributed by atoms with Crippen molar-refractivity contribution in [1.29, 1.82) is 0 Å². The first kappa shape index (κ1) is 22.3. The number of aromatic nitrogens is 2. The van der Waals surface area contributed by atoms with Gasteiger partial charge in [-0.05, 0) is 62.2 Å². The van der Waals surface area contributed by atoms with Gasteiger partial charge in [0.2, 0.25) is 0 Å². The predicted molar refractivity (Wildman–Crippen MR) is 129 cm³/mol. The second-order valence-corrected chi connectivity index (χ2v) is 9.49. The molecule has 0 bridgehead atoms. The molecule has 0 saturated heterocycles. The van der Waals surface area contributed by atoms with Gasteiger partial charge >= 0.3 is 0 Å². The van der Waals surface area contributed by atoms with Crippen molar-refractivity contribution in [1.82, 2.24) is 15.1 Å². The van der Waals surface area contributed by atoms with E-state index in [2.05, 4.69) is 29.5 Å². The molecule has 166 valence electrons. The van der Waals surface area contributed by atoms with Crippen LogP contribution in [0.15, 0.2) is 75.4 Å². The fraction of sp³-hybridized carbons (Fsp3) is 0.346. The molecule has 1 aromatic heterocycles. The Morgan fingerprint density at radius 3 is 2.25 bits per heavy atom. The summed E-state index contributed by atoms with van der Waals surface area (Å²) in [5.74, 6) is -0.0499. The second kappa shape index (κ2) is 10.6. The van der Waals surface area contributed by atoms with Crippen LogP contribution in [-0.2, 0) is 0 Å². The van der Waals surface area contributed by atoms with Crippen LogP contribution < -0.4 is 10.9 Å². The SMILES string of the molecule is Cc1ccc(Sc2ccc(=O)n(-c3ccc(C(=O)NC4CCCCCCC4)cc3)n2)cc1. The van der Waals surface area contributed by atoms with E-state index >= 15 is 0 Å². The molecule has 2 aromatic carbocycles.